The van der Waals surface area contributed by atoms with Gasteiger partial charge in [0.25, 0.3) is 0 Å². The maximum atomic E-state index is 11.2. The molecule has 1 fully saturated rings. The Labute approximate surface area is 75.9 Å². The summed E-state index contributed by atoms with van der Waals surface area (Å²) in [5, 5.41) is 0. The number of carbonyl (C=O) groups is 1. The van der Waals surface area contributed by atoms with Crippen molar-refractivity contribution in [2.75, 3.05) is 13.1 Å². The normalized spacial score (nSPS) is 17.9. The van der Waals surface area contributed by atoms with Crippen molar-refractivity contribution in [2.45, 2.75) is 46.5 Å². The molecule has 1 rings (SSSR count). The molecule has 2 heteroatoms. The van der Waals surface area contributed by atoms with Crippen LogP contribution in [0.15, 0.2) is 0 Å². The van der Waals surface area contributed by atoms with Crippen LogP contribution in [0.5, 0.6) is 0 Å². The third-order valence-corrected chi connectivity index (χ3v) is 2.05. The topological polar surface area (TPSA) is 20.3 Å². The number of hydrogen-bond donors (Lipinski definition) is 0. The van der Waals surface area contributed by atoms with Gasteiger partial charge in [0.05, 0.1) is 0 Å². The second-order valence-electron chi connectivity index (χ2n) is 2.78. The smallest absolute Gasteiger partial charge is 0.222 e. The lowest BCUT2D eigenvalue weighted by Gasteiger charge is -2.17. The number of carbonyl (C=O) groups excluding carboxylic acids is 1. The van der Waals surface area contributed by atoms with Crippen LogP contribution in [-0.4, -0.2) is 23.9 Å². The summed E-state index contributed by atoms with van der Waals surface area (Å²) in [5.74, 6) is 0.347. The number of rotatable bonds is 1. The van der Waals surface area contributed by atoms with E-state index in [4.69, 9.17) is 0 Å². The van der Waals surface area contributed by atoms with Crippen LogP contribution in [0.2, 0.25) is 0 Å². The average molecular weight is 171 g/mol. The van der Waals surface area contributed by atoms with Gasteiger partial charge >= 0.3 is 0 Å². The number of hydrogen-bond acceptors (Lipinski definition) is 1. The Morgan fingerprint density at radius 1 is 1.25 bits per heavy atom. The lowest BCUT2D eigenvalue weighted by atomic mass is 10.2. The highest BCUT2D eigenvalue weighted by atomic mass is 16.2. The molecule has 1 aliphatic rings. The van der Waals surface area contributed by atoms with Crippen LogP contribution in [0.1, 0.15) is 46.5 Å². The SMILES string of the molecule is CC.CCN1CCCCCC1=O. The lowest BCUT2D eigenvalue weighted by Crippen LogP contribution is -2.29. The molecule has 0 unspecified atom stereocenters. The van der Waals surface area contributed by atoms with E-state index in [2.05, 4.69) is 0 Å². The third-order valence-electron chi connectivity index (χ3n) is 2.05. The van der Waals surface area contributed by atoms with Gasteiger partial charge in [-0.2, -0.15) is 0 Å². The highest BCUT2D eigenvalue weighted by Crippen LogP contribution is 2.09. The molecule has 0 bridgehead atoms. The molecule has 2 nitrogen and oxygen atoms in total. The largest absolute Gasteiger partial charge is 0.343 e. The van der Waals surface area contributed by atoms with Crippen molar-refractivity contribution in [3.8, 4) is 0 Å². The zero-order chi connectivity index (χ0) is 9.40. The molecule has 1 heterocycles. The number of likely N-dealkylation sites (tertiary alicyclic amines) is 1. The van der Waals surface area contributed by atoms with Crippen molar-refractivity contribution in [1.82, 2.24) is 4.90 Å². The minimum Gasteiger partial charge on any atom is -0.343 e. The summed E-state index contributed by atoms with van der Waals surface area (Å²) < 4.78 is 0. The number of nitrogens with zero attached hydrogens (tertiary/aromatic N) is 1. The summed E-state index contributed by atoms with van der Waals surface area (Å²) in [4.78, 5) is 13.1. The van der Waals surface area contributed by atoms with E-state index in [1.807, 2.05) is 25.7 Å². The van der Waals surface area contributed by atoms with E-state index in [0.29, 0.717) is 5.91 Å². The van der Waals surface area contributed by atoms with Crippen molar-refractivity contribution in [2.24, 2.45) is 0 Å². The molecule has 0 atom stereocenters. The fraction of sp³-hybridized carbons (Fsp3) is 0.900. The van der Waals surface area contributed by atoms with Crippen LogP contribution in [0, 0.1) is 0 Å². The molecule has 1 saturated heterocycles. The summed E-state index contributed by atoms with van der Waals surface area (Å²) in [7, 11) is 0. The molecule has 1 amide bonds. The minimum atomic E-state index is 0.347. The molecule has 72 valence electrons. The maximum Gasteiger partial charge on any atom is 0.222 e. The molecule has 0 aromatic rings. The Hall–Kier alpha value is -0.530. The highest BCUT2D eigenvalue weighted by Gasteiger charge is 2.13. The van der Waals surface area contributed by atoms with E-state index >= 15 is 0 Å². The van der Waals surface area contributed by atoms with Gasteiger partial charge in [0.2, 0.25) is 5.91 Å². The van der Waals surface area contributed by atoms with Gasteiger partial charge in [-0.15, -0.1) is 0 Å². The van der Waals surface area contributed by atoms with E-state index in [-0.39, 0.29) is 0 Å². The van der Waals surface area contributed by atoms with E-state index in [1.54, 1.807) is 0 Å². The van der Waals surface area contributed by atoms with Crippen molar-refractivity contribution < 1.29 is 4.79 Å². The average Bonchev–Trinajstić information content (AvgIpc) is 2.33. The van der Waals surface area contributed by atoms with E-state index < -0.39 is 0 Å². The molecule has 0 radical (unpaired) electrons. The second kappa shape index (κ2) is 7.14. The Balaban J connectivity index is 0.000000561. The van der Waals surface area contributed by atoms with Crippen LogP contribution < -0.4 is 0 Å². The van der Waals surface area contributed by atoms with Gasteiger partial charge in [0, 0.05) is 19.5 Å². The van der Waals surface area contributed by atoms with Gasteiger partial charge in [-0.25, -0.2) is 0 Å². The van der Waals surface area contributed by atoms with Crippen LogP contribution in [0.4, 0.5) is 0 Å². The molecule has 0 aliphatic carbocycles. The first-order chi connectivity index (χ1) is 5.84. The predicted molar refractivity (Wildman–Crippen MR) is 52.1 cm³/mol. The van der Waals surface area contributed by atoms with Gasteiger partial charge in [0.15, 0.2) is 0 Å². The Kier molecular flexibility index (Phi) is 6.82. The zero-order valence-electron chi connectivity index (χ0n) is 8.60. The van der Waals surface area contributed by atoms with Gasteiger partial charge < -0.3 is 4.90 Å². The van der Waals surface area contributed by atoms with E-state index in [9.17, 15) is 4.79 Å². The molecule has 0 N–H and O–H groups in total. The molecular formula is C10H21NO. The Morgan fingerprint density at radius 2 is 1.92 bits per heavy atom. The number of amides is 1. The quantitative estimate of drug-likeness (QED) is 0.593. The van der Waals surface area contributed by atoms with Crippen molar-refractivity contribution in [3.05, 3.63) is 0 Å². The molecule has 1 aliphatic heterocycles. The van der Waals surface area contributed by atoms with Crippen LogP contribution in [0.25, 0.3) is 0 Å². The maximum absolute atomic E-state index is 11.2. The first-order valence-corrected chi connectivity index (χ1v) is 5.12. The summed E-state index contributed by atoms with van der Waals surface area (Å²) in [6.07, 6.45) is 4.28. The standard InChI is InChI=1S/C8H15NO.C2H6/c1-2-9-7-5-3-4-6-8(9)10;1-2/h2-7H2,1H3;1-2H3. The van der Waals surface area contributed by atoms with Crippen LogP contribution >= 0.6 is 0 Å². The Bertz CT molecular complexity index is 123. The molecular weight excluding hydrogens is 150 g/mol. The van der Waals surface area contributed by atoms with Gasteiger partial charge in [0.1, 0.15) is 0 Å². The molecule has 0 spiro atoms. The van der Waals surface area contributed by atoms with Crippen molar-refractivity contribution in [1.29, 1.82) is 0 Å². The fourth-order valence-electron chi connectivity index (χ4n) is 1.37. The fourth-order valence-corrected chi connectivity index (χ4v) is 1.37. The third kappa shape index (κ3) is 3.74. The summed E-state index contributed by atoms with van der Waals surface area (Å²) in [6.45, 7) is 7.91. The molecule has 0 aromatic heterocycles. The zero-order valence-corrected chi connectivity index (χ0v) is 8.60. The van der Waals surface area contributed by atoms with Crippen LogP contribution in [-0.2, 0) is 4.79 Å². The molecule has 0 aromatic carbocycles. The summed E-state index contributed by atoms with van der Waals surface area (Å²) in [5.41, 5.74) is 0. The minimum absolute atomic E-state index is 0.347. The first-order valence-electron chi connectivity index (χ1n) is 5.12. The highest BCUT2D eigenvalue weighted by molar-refractivity contribution is 5.76. The second-order valence-corrected chi connectivity index (χ2v) is 2.78. The van der Waals surface area contributed by atoms with Crippen LogP contribution in [0.3, 0.4) is 0 Å². The summed E-state index contributed by atoms with van der Waals surface area (Å²) in [6, 6.07) is 0. The first kappa shape index (κ1) is 11.5. The molecule has 0 saturated carbocycles. The van der Waals surface area contributed by atoms with E-state index in [0.717, 1.165) is 25.9 Å². The Morgan fingerprint density at radius 3 is 2.50 bits per heavy atom. The van der Waals surface area contributed by atoms with Crippen molar-refractivity contribution in [3.63, 3.8) is 0 Å². The van der Waals surface area contributed by atoms with Gasteiger partial charge in [-0.05, 0) is 19.8 Å². The van der Waals surface area contributed by atoms with Gasteiger partial charge in [-0.1, -0.05) is 20.3 Å². The predicted octanol–water partition coefficient (Wildman–Crippen LogP) is 2.44. The monoisotopic (exact) mass is 171 g/mol. The molecule has 12 heavy (non-hydrogen) atoms. The van der Waals surface area contributed by atoms with E-state index in [1.165, 1.54) is 12.8 Å². The van der Waals surface area contributed by atoms with Crippen molar-refractivity contribution >= 4 is 5.91 Å². The lowest BCUT2D eigenvalue weighted by molar-refractivity contribution is -0.130. The summed E-state index contributed by atoms with van der Waals surface area (Å²) >= 11 is 0. The van der Waals surface area contributed by atoms with Gasteiger partial charge in [-0.3, -0.25) is 4.79 Å².